The quantitative estimate of drug-likeness (QED) is 0.678. The maximum atomic E-state index is 10.7. The fourth-order valence-electron chi connectivity index (χ4n) is 0.711. The Morgan fingerprint density at radius 2 is 2.55 bits per heavy atom. The van der Waals surface area contributed by atoms with Crippen molar-refractivity contribution in [2.45, 2.75) is 17.7 Å². The van der Waals surface area contributed by atoms with Crippen molar-refractivity contribution in [1.82, 2.24) is 4.98 Å². The first-order valence-electron chi connectivity index (χ1n) is 3.20. The summed E-state index contributed by atoms with van der Waals surface area (Å²) in [6.07, 6.45) is 4.28. The fraction of sp³-hybridized carbons (Fsp3) is 0.429. The minimum absolute atomic E-state index is 0.196. The van der Waals surface area contributed by atoms with Crippen LogP contribution in [0, 0.1) is 0 Å². The summed E-state index contributed by atoms with van der Waals surface area (Å²) in [7, 11) is 0. The van der Waals surface area contributed by atoms with Gasteiger partial charge in [0.25, 0.3) is 0 Å². The third-order valence-corrected chi connectivity index (χ3v) is 3.13. The number of nitrogens with zero attached hydrogens (tertiary/aromatic N) is 1. The molecule has 0 unspecified atom stereocenters. The van der Waals surface area contributed by atoms with E-state index in [2.05, 4.69) is 4.98 Å². The molecule has 1 aromatic heterocycles. The highest BCUT2D eigenvalue weighted by atomic mass is 32.2. The number of carbonyl (C=O) groups excluding carboxylic acids is 1. The Morgan fingerprint density at radius 3 is 3.00 bits per heavy atom. The molecule has 1 heterocycles. The zero-order valence-electron chi connectivity index (χ0n) is 6.46. The van der Waals surface area contributed by atoms with Gasteiger partial charge >= 0.3 is 0 Å². The summed E-state index contributed by atoms with van der Waals surface area (Å²) in [5, 5.41) is 0. The molecular formula is C7H9NOS2. The third kappa shape index (κ3) is 2.63. The van der Waals surface area contributed by atoms with Gasteiger partial charge in [0.1, 0.15) is 10.1 Å². The van der Waals surface area contributed by atoms with Crippen molar-refractivity contribution in [2.75, 3.05) is 6.26 Å². The van der Waals surface area contributed by atoms with Crippen molar-refractivity contribution in [3.05, 3.63) is 11.1 Å². The van der Waals surface area contributed by atoms with Crippen LogP contribution in [0.3, 0.4) is 0 Å². The lowest BCUT2D eigenvalue weighted by Crippen LogP contribution is -1.92. The molecule has 0 aliphatic carbocycles. The number of carbonyl (C=O) groups is 1. The van der Waals surface area contributed by atoms with E-state index in [0.717, 1.165) is 9.22 Å². The number of thioether (sulfide) groups is 1. The molecule has 11 heavy (non-hydrogen) atoms. The molecule has 0 saturated heterocycles. The molecule has 0 saturated carbocycles. The normalized spacial score (nSPS) is 10.0. The molecule has 0 aromatic carbocycles. The molecule has 4 heteroatoms. The molecule has 0 fully saturated rings. The average molecular weight is 187 g/mol. The monoisotopic (exact) mass is 187 g/mol. The Bertz CT molecular complexity index is 257. The van der Waals surface area contributed by atoms with Crippen molar-refractivity contribution >= 4 is 28.9 Å². The number of ketones is 1. The van der Waals surface area contributed by atoms with Crippen LogP contribution < -0.4 is 0 Å². The van der Waals surface area contributed by atoms with E-state index < -0.39 is 0 Å². The SMILES string of the molecule is CSc1ncc(CC(C)=O)s1. The van der Waals surface area contributed by atoms with Crippen molar-refractivity contribution in [2.24, 2.45) is 0 Å². The van der Waals surface area contributed by atoms with Gasteiger partial charge in [0.2, 0.25) is 0 Å². The topological polar surface area (TPSA) is 30.0 Å². The van der Waals surface area contributed by atoms with Gasteiger partial charge in [-0.05, 0) is 13.2 Å². The summed E-state index contributed by atoms with van der Waals surface area (Å²) >= 11 is 3.21. The first kappa shape index (κ1) is 8.74. The maximum absolute atomic E-state index is 10.7. The Hall–Kier alpha value is -0.350. The first-order chi connectivity index (χ1) is 5.22. The van der Waals surface area contributed by atoms with E-state index in [1.807, 2.05) is 6.26 Å². The minimum Gasteiger partial charge on any atom is -0.300 e. The number of hydrogen-bond donors (Lipinski definition) is 0. The van der Waals surface area contributed by atoms with Gasteiger partial charge in [-0.1, -0.05) is 11.8 Å². The van der Waals surface area contributed by atoms with Gasteiger partial charge in [0.05, 0.1) is 0 Å². The Morgan fingerprint density at radius 1 is 1.82 bits per heavy atom. The molecule has 0 aliphatic rings. The summed E-state index contributed by atoms with van der Waals surface area (Å²) < 4.78 is 1.03. The lowest BCUT2D eigenvalue weighted by atomic mass is 10.3. The van der Waals surface area contributed by atoms with Crippen LogP contribution in [0.5, 0.6) is 0 Å². The van der Waals surface area contributed by atoms with Crippen LogP contribution in [-0.2, 0) is 11.2 Å². The van der Waals surface area contributed by atoms with Gasteiger partial charge in [-0.25, -0.2) is 4.98 Å². The van der Waals surface area contributed by atoms with Crippen LogP contribution in [0.25, 0.3) is 0 Å². The molecule has 2 nitrogen and oxygen atoms in total. The van der Waals surface area contributed by atoms with E-state index in [4.69, 9.17) is 0 Å². The lowest BCUT2D eigenvalue weighted by molar-refractivity contribution is -0.116. The van der Waals surface area contributed by atoms with Crippen LogP contribution >= 0.6 is 23.1 Å². The van der Waals surface area contributed by atoms with E-state index in [0.29, 0.717) is 6.42 Å². The molecule has 0 aliphatic heterocycles. The summed E-state index contributed by atoms with van der Waals surface area (Å²) in [6, 6.07) is 0. The second-order valence-electron chi connectivity index (χ2n) is 2.18. The predicted molar refractivity (Wildman–Crippen MR) is 48.3 cm³/mol. The van der Waals surface area contributed by atoms with Crippen LogP contribution in [0.1, 0.15) is 11.8 Å². The molecule has 0 atom stereocenters. The average Bonchev–Trinajstić information content (AvgIpc) is 2.34. The summed E-state index contributed by atoms with van der Waals surface area (Å²) in [4.78, 5) is 15.9. The van der Waals surface area contributed by atoms with Gasteiger partial charge in [-0.2, -0.15) is 0 Å². The lowest BCUT2D eigenvalue weighted by Gasteiger charge is -1.86. The molecule has 0 N–H and O–H groups in total. The molecule has 0 radical (unpaired) electrons. The standard InChI is InChI=1S/C7H9NOS2/c1-5(9)3-6-4-8-7(10-2)11-6/h4H,3H2,1-2H3. The summed E-state index contributed by atoms with van der Waals surface area (Å²) in [5.41, 5.74) is 0. The van der Waals surface area contributed by atoms with E-state index >= 15 is 0 Å². The Labute approximate surface area is 74.0 Å². The summed E-state index contributed by atoms with van der Waals surface area (Å²) in [5.74, 6) is 0.196. The minimum atomic E-state index is 0.196. The van der Waals surface area contributed by atoms with Crippen molar-refractivity contribution < 1.29 is 4.79 Å². The Kier molecular flexibility index (Phi) is 3.08. The van der Waals surface area contributed by atoms with Gasteiger partial charge < -0.3 is 0 Å². The number of aromatic nitrogens is 1. The van der Waals surface area contributed by atoms with Gasteiger partial charge in [0.15, 0.2) is 0 Å². The van der Waals surface area contributed by atoms with Gasteiger partial charge in [-0.3, -0.25) is 4.79 Å². The molecule has 1 aromatic rings. The highest BCUT2D eigenvalue weighted by Gasteiger charge is 2.02. The van der Waals surface area contributed by atoms with Crippen LogP contribution in [0.15, 0.2) is 10.5 Å². The second kappa shape index (κ2) is 3.88. The molecule has 0 spiro atoms. The molecule has 0 amide bonds. The maximum Gasteiger partial charge on any atom is 0.149 e. The van der Waals surface area contributed by atoms with Crippen LogP contribution in [0.2, 0.25) is 0 Å². The van der Waals surface area contributed by atoms with Crippen LogP contribution in [0.4, 0.5) is 0 Å². The van der Waals surface area contributed by atoms with Crippen molar-refractivity contribution in [1.29, 1.82) is 0 Å². The highest BCUT2D eigenvalue weighted by molar-refractivity contribution is 8.00. The Balaban J connectivity index is 2.65. The molecular weight excluding hydrogens is 178 g/mol. The molecule has 1 rings (SSSR count). The van der Waals surface area contributed by atoms with E-state index in [1.165, 1.54) is 0 Å². The van der Waals surface area contributed by atoms with E-state index in [9.17, 15) is 4.79 Å². The van der Waals surface area contributed by atoms with Crippen LogP contribution in [-0.4, -0.2) is 17.0 Å². The number of Topliss-reactive ketones (excluding diaryl/α,β-unsaturated/α-hetero) is 1. The largest absolute Gasteiger partial charge is 0.300 e. The van der Waals surface area contributed by atoms with Gasteiger partial charge in [-0.15, -0.1) is 11.3 Å². The molecule has 0 bridgehead atoms. The second-order valence-corrected chi connectivity index (χ2v) is 4.34. The predicted octanol–water partition coefficient (Wildman–Crippen LogP) is 2.00. The zero-order valence-corrected chi connectivity index (χ0v) is 8.09. The highest BCUT2D eigenvalue weighted by Crippen LogP contribution is 2.21. The number of hydrogen-bond acceptors (Lipinski definition) is 4. The van der Waals surface area contributed by atoms with E-state index in [1.54, 1.807) is 36.2 Å². The van der Waals surface area contributed by atoms with Crippen molar-refractivity contribution in [3.8, 4) is 0 Å². The van der Waals surface area contributed by atoms with E-state index in [-0.39, 0.29) is 5.78 Å². The first-order valence-corrected chi connectivity index (χ1v) is 5.24. The zero-order chi connectivity index (χ0) is 8.27. The van der Waals surface area contributed by atoms with Crippen molar-refractivity contribution in [3.63, 3.8) is 0 Å². The molecule has 60 valence electrons. The fourth-order valence-corrected chi connectivity index (χ4v) is 2.23. The smallest absolute Gasteiger partial charge is 0.149 e. The third-order valence-electron chi connectivity index (χ3n) is 1.13. The number of rotatable bonds is 3. The van der Waals surface area contributed by atoms with Gasteiger partial charge in [0, 0.05) is 17.5 Å². The number of thiazole rings is 1. The summed E-state index contributed by atoms with van der Waals surface area (Å²) in [6.45, 7) is 1.60.